The van der Waals surface area contributed by atoms with E-state index in [-0.39, 0.29) is 11.8 Å². The van der Waals surface area contributed by atoms with Crippen molar-refractivity contribution in [1.29, 1.82) is 0 Å². The maximum absolute atomic E-state index is 15.4. The van der Waals surface area contributed by atoms with Crippen LogP contribution in [-0.4, -0.2) is 47.0 Å². The van der Waals surface area contributed by atoms with Crippen molar-refractivity contribution in [3.05, 3.63) is 85.3 Å². The van der Waals surface area contributed by atoms with Crippen molar-refractivity contribution in [3.8, 4) is 16.9 Å². The molecule has 194 valence electrons. The molecular formula is C30H30FN5O2. The number of piperidine rings is 1. The number of hydrogen-bond acceptors (Lipinski definition) is 6. The first-order chi connectivity index (χ1) is 18.4. The third-order valence-corrected chi connectivity index (χ3v) is 6.77. The summed E-state index contributed by atoms with van der Waals surface area (Å²) < 4.78 is 21.6. The zero-order chi connectivity index (χ0) is 26.6. The quantitative estimate of drug-likeness (QED) is 0.295. The van der Waals surface area contributed by atoms with Crippen LogP contribution in [0.3, 0.4) is 0 Å². The van der Waals surface area contributed by atoms with Crippen molar-refractivity contribution < 1.29 is 13.9 Å². The zero-order valence-corrected chi connectivity index (χ0v) is 21.4. The van der Waals surface area contributed by atoms with Gasteiger partial charge in [-0.2, -0.15) is 0 Å². The molecule has 1 aliphatic heterocycles. The predicted molar refractivity (Wildman–Crippen MR) is 149 cm³/mol. The van der Waals surface area contributed by atoms with Gasteiger partial charge in [0.1, 0.15) is 11.9 Å². The van der Waals surface area contributed by atoms with Gasteiger partial charge >= 0.3 is 0 Å². The number of hydrogen-bond donors (Lipinski definition) is 2. The molecule has 4 aromatic rings. The molecule has 0 spiro atoms. The Morgan fingerprint density at radius 1 is 1.13 bits per heavy atom. The molecule has 0 bridgehead atoms. The minimum absolute atomic E-state index is 0.0776. The topological polar surface area (TPSA) is 79.4 Å². The molecule has 1 fully saturated rings. The first-order valence-electron chi connectivity index (χ1n) is 12.6. The van der Waals surface area contributed by atoms with Crippen LogP contribution in [0, 0.1) is 11.7 Å². The Labute approximate surface area is 221 Å². The summed E-state index contributed by atoms with van der Waals surface area (Å²) in [5.41, 5.74) is 2.40. The van der Waals surface area contributed by atoms with Gasteiger partial charge in [-0.05, 0) is 49.9 Å². The minimum Gasteiger partial charge on any atom is -0.490 e. The highest BCUT2D eigenvalue weighted by molar-refractivity contribution is 6.00. The van der Waals surface area contributed by atoms with Gasteiger partial charge in [0, 0.05) is 47.4 Å². The number of likely N-dealkylation sites (tertiary alicyclic amines) is 1. The van der Waals surface area contributed by atoms with Gasteiger partial charge < -0.3 is 20.3 Å². The van der Waals surface area contributed by atoms with Gasteiger partial charge in [-0.1, -0.05) is 43.8 Å². The van der Waals surface area contributed by atoms with Gasteiger partial charge in [-0.15, -0.1) is 0 Å². The van der Waals surface area contributed by atoms with Crippen LogP contribution in [0.2, 0.25) is 0 Å². The Hall–Kier alpha value is -4.30. The number of amides is 1. The van der Waals surface area contributed by atoms with Gasteiger partial charge in [0.25, 0.3) is 0 Å². The summed E-state index contributed by atoms with van der Waals surface area (Å²) in [6.45, 7) is 7.71. The largest absolute Gasteiger partial charge is 0.490 e. The summed E-state index contributed by atoms with van der Waals surface area (Å²) in [4.78, 5) is 23.2. The molecule has 1 saturated heterocycles. The third kappa shape index (κ3) is 5.50. The summed E-state index contributed by atoms with van der Waals surface area (Å²) in [5.74, 6) is 0.662. The van der Waals surface area contributed by atoms with Crippen molar-refractivity contribution in [2.24, 2.45) is 5.92 Å². The highest BCUT2D eigenvalue weighted by Crippen LogP contribution is 2.33. The van der Waals surface area contributed by atoms with Crippen molar-refractivity contribution >= 4 is 34.1 Å². The molecular weight excluding hydrogens is 481 g/mol. The van der Waals surface area contributed by atoms with E-state index in [1.165, 1.54) is 6.07 Å². The average Bonchev–Trinajstić information content (AvgIpc) is 2.92. The van der Waals surface area contributed by atoms with Crippen molar-refractivity contribution in [3.63, 3.8) is 0 Å². The lowest BCUT2D eigenvalue weighted by Crippen LogP contribution is -2.42. The number of rotatable bonds is 7. The van der Waals surface area contributed by atoms with Crippen molar-refractivity contribution in [2.45, 2.75) is 19.4 Å². The smallest absolute Gasteiger partial charge is 0.247 e. The predicted octanol–water partition coefficient (Wildman–Crippen LogP) is 6.02. The van der Waals surface area contributed by atoms with E-state index in [0.29, 0.717) is 28.5 Å². The fourth-order valence-electron chi connectivity index (χ4n) is 4.78. The van der Waals surface area contributed by atoms with E-state index in [1.807, 2.05) is 36.4 Å². The molecule has 2 N–H and O–H groups in total. The Kier molecular flexibility index (Phi) is 7.33. The Morgan fingerprint density at radius 2 is 1.89 bits per heavy atom. The first kappa shape index (κ1) is 25.4. The molecule has 7 nitrogen and oxygen atoms in total. The first-order valence-corrected chi connectivity index (χ1v) is 12.6. The van der Waals surface area contributed by atoms with Gasteiger partial charge in [-0.25, -0.2) is 14.4 Å². The Bertz CT molecular complexity index is 1470. The summed E-state index contributed by atoms with van der Waals surface area (Å²) in [6, 6.07) is 18.1. The number of para-hydroxylation sites is 1. The second-order valence-electron chi connectivity index (χ2n) is 9.63. The van der Waals surface area contributed by atoms with Crippen molar-refractivity contribution in [1.82, 2.24) is 14.9 Å². The van der Waals surface area contributed by atoms with E-state index in [9.17, 15) is 4.79 Å². The third-order valence-electron chi connectivity index (χ3n) is 6.77. The molecule has 5 rings (SSSR count). The van der Waals surface area contributed by atoms with Crippen LogP contribution in [0.4, 0.5) is 21.7 Å². The molecule has 0 aliphatic carbocycles. The Balaban J connectivity index is 1.37. The van der Waals surface area contributed by atoms with Gasteiger partial charge in [0.15, 0.2) is 5.82 Å². The SMILES string of the molecule is C=CC(=O)Nc1cccc(-c2cccc3cnc(Nc4ccc(OC5CCN(C)CC5C)cc4)nc23)c1F. The summed E-state index contributed by atoms with van der Waals surface area (Å²) in [6.07, 6.45) is 4.02. The molecule has 0 radical (unpaired) electrons. The van der Waals surface area contributed by atoms with Crippen LogP contribution in [0.5, 0.6) is 5.75 Å². The molecule has 0 saturated carbocycles. The lowest BCUT2D eigenvalue weighted by molar-refractivity contribution is -0.111. The lowest BCUT2D eigenvalue weighted by atomic mass is 9.97. The molecule has 1 aromatic heterocycles. The number of nitrogens with one attached hydrogen (secondary N) is 2. The normalized spacial score (nSPS) is 17.7. The van der Waals surface area contributed by atoms with Gasteiger partial charge in [-0.3, -0.25) is 4.79 Å². The second-order valence-corrected chi connectivity index (χ2v) is 9.63. The number of anilines is 3. The highest BCUT2D eigenvalue weighted by atomic mass is 19.1. The average molecular weight is 512 g/mol. The molecule has 8 heteroatoms. The van der Waals surface area contributed by atoms with Crippen LogP contribution >= 0.6 is 0 Å². The maximum atomic E-state index is 15.4. The van der Waals surface area contributed by atoms with Crippen LogP contribution in [-0.2, 0) is 4.79 Å². The molecule has 1 amide bonds. The number of carbonyl (C=O) groups excluding carboxylic acids is 1. The van der Waals surface area contributed by atoms with Crippen molar-refractivity contribution in [2.75, 3.05) is 30.8 Å². The van der Waals surface area contributed by atoms with Crippen LogP contribution in [0.15, 0.2) is 79.5 Å². The van der Waals surface area contributed by atoms with Crippen LogP contribution in [0.1, 0.15) is 13.3 Å². The number of benzene rings is 3. The number of halogens is 1. The summed E-state index contributed by atoms with van der Waals surface area (Å²) >= 11 is 0. The number of nitrogens with zero attached hydrogens (tertiary/aromatic N) is 3. The molecule has 1 aliphatic rings. The van der Waals surface area contributed by atoms with Crippen LogP contribution < -0.4 is 15.4 Å². The van der Waals surface area contributed by atoms with E-state index in [4.69, 9.17) is 9.72 Å². The van der Waals surface area contributed by atoms with E-state index in [1.54, 1.807) is 24.4 Å². The number of ether oxygens (including phenoxy) is 1. The minimum atomic E-state index is -0.544. The monoisotopic (exact) mass is 511 g/mol. The van der Waals surface area contributed by atoms with E-state index in [2.05, 4.69) is 41.1 Å². The molecule has 2 heterocycles. The van der Waals surface area contributed by atoms with Crippen LogP contribution in [0.25, 0.3) is 22.0 Å². The molecule has 2 unspecified atom stereocenters. The fraction of sp³-hybridized carbons (Fsp3) is 0.233. The molecule has 38 heavy (non-hydrogen) atoms. The van der Waals surface area contributed by atoms with Gasteiger partial charge in [0.2, 0.25) is 11.9 Å². The number of fused-ring (bicyclic) bond motifs is 1. The number of aromatic nitrogens is 2. The molecule has 3 aromatic carbocycles. The van der Waals surface area contributed by atoms with E-state index in [0.717, 1.165) is 42.4 Å². The second kappa shape index (κ2) is 11.0. The van der Waals surface area contributed by atoms with Gasteiger partial charge in [0.05, 0.1) is 11.2 Å². The molecule has 2 atom stereocenters. The lowest BCUT2D eigenvalue weighted by Gasteiger charge is -2.34. The number of carbonyl (C=O) groups is 1. The highest BCUT2D eigenvalue weighted by Gasteiger charge is 2.25. The maximum Gasteiger partial charge on any atom is 0.247 e. The van der Waals surface area contributed by atoms with E-state index < -0.39 is 11.7 Å². The van der Waals surface area contributed by atoms with E-state index >= 15 is 4.39 Å². The zero-order valence-electron chi connectivity index (χ0n) is 21.4. The Morgan fingerprint density at radius 3 is 2.66 bits per heavy atom. The standard InChI is InChI=1S/C30H30FN5O2/c1-4-27(37)34-25-10-6-8-23(28(25)31)24-9-5-7-20-17-32-30(35-29(20)24)33-21-11-13-22(14-12-21)38-26-15-16-36(3)18-19(26)2/h4-14,17,19,26H,1,15-16,18H2,2-3H3,(H,34,37)(H,32,33,35). The summed E-state index contributed by atoms with van der Waals surface area (Å²) in [5, 5.41) is 6.51. The summed E-state index contributed by atoms with van der Waals surface area (Å²) in [7, 11) is 2.14. The fourth-order valence-corrected chi connectivity index (χ4v) is 4.78.